The molecule has 2 aliphatic rings. The zero-order chi connectivity index (χ0) is 15.7. The molecule has 1 aromatic carbocycles. The second-order valence-corrected chi connectivity index (χ2v) is 7.62. The van der Waals surface area contributed by atoms with E-state index in [4.69, 9.17) is 0 Å². The predicted molar refractivity (Wildman–Crippen MR) is 89.8 cm³/mol. The first-order valence-electron chi connectivity index (χ1n) is 8.52. The summed E-state index contributed by atoms with van der Waals surface area (Å²) in [5, 5.41) is 0. The first kappa shape index (κ1) is 15.5. The molecule has 0 aliphatic carbocycles. The Morgan fingerprint density at radius 2 is 1.77 bits per heavy atom. The number of hydrogen-bond donors (Lipinski definition) is 0. The number of rotatable bonds is 2. The van der Waals surface area contributed by atoms with Crippen molar-refractivity contribution >= 4 is 5.91 Å². The molecule has 0 saturated carbocycles. The summed E-state index contributed by atoms with van der Waals surface area (Å²) in [6, 6.07) is 11.6. The zero-order valence-corrected chi connectivity index (χ0v) is 14.1. The van der Waals surface area contributed by atoms with Gasteiger partial charge in [-0.15, -0.1) is 0 Å². The molecule has 0 spiro atoms. The number of nitrogens with zero attached hydrogens (tertiary/aromatic N) is 2. The maximum absolute atomic E-state index is 11.5. The molecule has 3 nitrogen and oxygen atoms in total. The Hall–Kier alpha value is -1.35. The molecule has 1 amide bonds. The minimum atomic E-state index is 0.224. The topological polar surface area (TPSA) is 23.6 Å². The van der Waals surface area contributed by atoms with Gasteiger partial charge in [-0.05, 0) is 23.8 Å². The summed E-state index contributed by atoms with van der Waals surface area (Å²) < 4.78 is 0. The van der Waals surface area contributed by atoms with Crippen LogP contribution in [0.2, 0.25) is 0 Å². The maximum atomic E-state index is 11.5. The lowest BCUT2D eigenvalue weighted by atomic mass is 9.78. The van der Waals surface area contributed by atoms with E-state index in [1.807, 2.05) is 4.90 Å². The van der Waals surface area contributed by atoms with Crippen LogP contribution in [0.5, 0.6) is 0 Å². The summed E-state index contributed by atoms with van der Waals surface area (Å²) in [6.45, 7) is 10.6. The molecule has 22 heavy (non-hydrogen) atoms. The average molecular weight is 300 g/mol. The molecule has 3 heteroatoms. The van der Waals surface area contributed by atoms with Gasteiger partial charge in [0.05, 0.1) is 0 Å². The first-order chi connectivity index (χ1) is 10.5. The van der Waals surface area contributed by atoms with Crippen molar-refractivity contribution in [3.05, 3.63) is 35.9 Å². The summed E-state index contributed by atoms with van der Waals surface area (Å²) in [6.07, 6.45) is 2.24. The second kappa shape index (κ2) is 6.04. The van der Waals surface area contributed by atoms with Crippen molar-refractivity contribution < 1.29 is 4.79 Å². The van der Waals surface area contributed by atoms with Crippen LogP contribution in [0, 0.1) is 5.41 Å². The van der Waals surface area contributed by atoms with Gasteiger partial charge in [-0.2, -0.15) is 0 Å². The van der Waals surface area contributed by atoms with E-state index in [2.05, 4.69) is 49.1 Å². The fourth-order valence-electron chi connectivity index (χ4n) is 4.25. The third-order valence-electron chi connectivity index (χ3n) is 5.60. The van der Waals surface area contributed by atoms with E-state index < -0.39 is 0 Å². The second-order valence-electron chi connectivity index (χ2n) is 7.62. The van der Waals surface area contributed by atoms with E-state index in [1.54, 1.807) is 6.92 Å². The highest BCUT2D eigenvalue weighted by atomic mass is 16.2. The molecule has 0 aromatic heterocycles. The van der Waals surface area contributed by atoms with E-state index >= 15 is 0 Å². The molecule has 120 valence electrons. The Bertz CT molecular complexity index is 517. The highest BCUT2D eigenvalue weighted by Crippen LogP contribution is 2.43. The van der Waals surface area contributed by atoms with Gasteiger partial charge in [0.15, 0.2) is 0 Å². The zero-order valence-electron chi connectivity index (χ0n) is 14.1. The molecule has 1 atom stereocenters. The van der Waals surface area contributed by atoms with Crippen LogP contribution in [0.3, 0.4) is 0 Å². The third kappa shape index (κ3) is 3.05. The van der Waals surface area contributed by atoms with Crippen LogP contribution in [0.1, 0.15) is 45.1 Å². The van der Waals surface area contributed by atoms with Gasteiger partial charge in [-0.1, -0.05) is 44.2 Å². The number of piperidine rings is 1. The molecule has 3 rings (SSSR count). The van der Waals surface area contributed by atoms with E-state index in [0.717, 1.165) is 39.0 Å². The van der Waals surface area contributed by atoms with Crippen LogP contribution in [0.15, 0.2) is 30.3 Å². The van der Waals surface area contributed by atoms with E-state index in [9.17, 15) is 4.79 Å². The molecule has 2 fully saturated rings. The van der Waals surface area contributed by atoms with Crippen LogP contribution in [0.4, 0.5) is 0 Å². The highest BCUT2D eigenvalue weighted by Gasteiger charge is 2.42. The van der Waals surface area contributed by atoms with Crippen molar-refractivity contribution in [2.24, 2.45) is 5.41 Å². The standard InChI is InChI=1S/C19H28N2O/c1-15(22)20-11-9-17(10-12-20)21-13-18(19(2,3)14-21)16-7-5-4-6-8-16/h4-8,17-18H,9-14H2,1-3H3/t18-/m0/s1. The number of amides is 1. The van der Waals surface area contributed by atoms with Crippen LogP contribution in [-0.4, -0.2) is 47.9 Å². The smallest absolute Gasteiger partial charge is 0.219 e. The first-order valence-corrected chi connectivity index (χ1v) is 8.52. The Balaban J connectivity index is 1.67. The number of likely N-dealkylation sites (tertiary alicyclic amines) is 2. The molecular formula is C19H28N2O. The van der Waals surface area contributed by atoms with Crippen LogP contribution in [0.25, 0.3) is 0 Å². The molecule has 0 radical (unpaired) electrons. The quantitative estimate of drug-likeness (QED) is 0.838. The Morgan fingerprint density at radius 1 is 1.14 bits per heavy atom. The van der Waals surface area contributed by atoms with Gasteiger partial charge in [0.2, 0.25) is 5.91 Å². The van der Waals surface area contributed by atoms with Crippen molar-refractivity contribution in [3.8, 4) is 0 Å². The lowest BCUT2D eigenvalue weighted by molar-refractivity contribution is -0.130. The van der Waals surface area contributed by atoms with E-state index in [1.165, 1.54) is 5.56 Å². The number of hydrogen-bond acceptors (Lipinski definition) is 2. The SMILES string of the molecule is CC(=O)N1CCC(N2C[C@@H](c3ccccc3)C(C)(C)C2)CC1. The number of benzene rings is 1. The summed E-state index contributed by atoms with van der Waals surface area (Å²) in [7, 11) is 0. The summed E-state index contributed by atoms with van der Waals surface area (Å²) in [5.41, 5.74) is 1.79. The van der Waals surface area contributed by atoms with Crippen molar-refractivity contribution in [2.45, 2.75) is 45.6 Å². The van der Waals surface area contributed by atoms with Crippen molar-refractivity contribution in [3.63, 3.8) is 0 Å². The third-order valence-corrected chi connectivity index (χ3v) is 5.60. The van der Waals surface area contributed by atoms with E-state index in [-0.39, 0.29) is 5.91 Å². The minimum absolute atomic E-state index is 0.224. The van der Waals surface area contributed by atoms with Crippen LogP contribution in [-0.2, 0) is 4.79 Å². The highest BCUT2D eigenvalue weighted by molar-refractivity contribution is 5.73. The number of carbonyl (C=O) groups excluding carboxylic acids is 1. The molecule has 1 aromatic rings. The fourth-order valence-corrected chi connectivity index (χ4v) is 4.25. The lowest BCUT2D eigenvalue weighted by Gasteiger charge is -2.36. The van der Waals surface area contributed by atoms with E-state index in [0.29, 0.717) is 17.4 Å². The Morgan fingerprint density at radius 3 is 2.36 bits per heavy atom. The van der Waals surface area contributed by atoms with Gasteiger partial charge in [0.25, 0.3) is 0 Å². The van der Waals surface area contributed by atoms with Crippen LogP contribution < -0.4 is 0 Å². The molecule has 0 N–H and O–H groups in total. The van der Waals surface area contributed by atoms with Gasteiger partial charge >= 0.3 is 0 Å². The summed E-state index contributed by atoms with van der Waals surface area (Å²) in [4.78, 5) is 16.1. The monoisotopic (exact) mass is 300 g/mol. The van der Waals surface area contributed by atoms with Gasteiger partial charge in [-0.25, -0.2) is 0 Å². The minimum Gasteiger partial charge on any atom is -0.343 e. The molecule has 0 unspecified atom stereocenters. The molecule has 0 bridgehead atoms. The Labute approximate surface area is 134 Å². The van der Waals surface area contributed by atoms with Crippen molar-refractivity contribution in [2.75, 3.05) is 26.2 Å². The largest absolute Gasteiger partial charge is 0.343 e. The normalized spacial score (nSPS) is 26.3. The van der Waals surface area contributed by atoms with Gasteiger partial charge in [-0.3, -0.25) is 9.69 Å². The fraction of sp³-hybridized carbons (Fsp3) is 0.632. The summed E-state index contributed by atoms with van der Waals surface area (Å²) >= 11 is 0. The predicted octanol–water partition coefficient (Wildman–Crippen LogP) is 3.12. The molecular weight excluding hydrogens is 272 g/mol. The average Bonchev–Trinajstić information content (AvgIpc) is 2.84. The van der Waals surface area contributed by atoms with Gasteiger partial charge in [0.1, 0.15) is 0 Å². The van der Waals surface area contributed by atoms with Gasteiger partial charge in [0, 0.05) is 45.1 Å². The van der Waals surface area contributed by atoms with Crippen LogP contribution >= 0.6 is 0 Å². The Kier molecular flexibility index (Phi) is 4.26. The molecule has 2 saturated heterocycles. The van der Waals surface area contributed by atoms with Gasteiger partial charge < -0.3 is 4.90 Å². The maximum Gasteiger partial charge on any atom is 0.219 e. The van der Waals surface area contributed by atoms with Crippen molar-refractivity contribution in [1.82, 2.24) is 9.80 Å². The van der Waals surface area contributed by atoms with Crippen molar-refractivity contribution in [1.29, 1.82) is 0 Å². The molecule has 2 aliphatic heterocycles. The summed E-state index contributed by atoms with van der Waals surface area (Å²) in [5.74, 6) is 0.835. The lowest BCUT2D eigenvalue weighted by Crippen LogP contribution is -2.45. The molecule has 2 heterocycles. The number of carbonyl (C=O) groups is 1.